The number of aliphatic hydroxyl groups excluding tert-OH is 1. The normalized spacial score (nSPS) is 12.2. The molecule has 4 N–H and O–H groups in total. The predicted octanol–water partition coefficient (Wildman–Crippen LogP) is -0.618. The van der Waals surface area contributed by atoms with E-state index in [0.29, 0.717) is 0 Å². The van der Waals surface area contributed by atoms with Crippen LogP contribution in [0.5, 0.6) is 0 Å². The Kier molecular flexibility index (Phi) is 10.4. The van der Waals surface area contributed by atoms with Crippen LogP contribution in [0.3, 0.4) is 0 Å². The van der Waals surface area contributed by atoms with Gasteiger partial charge >= 0.3 is 11.4 Å². The summed E-state index contributed by atoms with van der Waals surface area (Å²) in [6, 6.07) is 0. The second kappa shape index (κ2) is 7.99. The second-order valence-electron chi connectivity index (χ2n) is 0.916. The quantitative estimate of drug-likeness (QED) is 0.567. The molecule has 0 saturated carbocycles. The Morgan fingerprint density at radius 2 is 2.22 bits per heavy atom. The van der Waals surface area contributed by atoms with Crippen molar-refractivity contribution in [2.75, 3.05) is 20.3 Å². The number of hydrogen-bond acceptors (Lipinski definition) is 5. The van der Waals surface area contributed by atoms with Crippen molar-refractivity contribution in [1.29, 1.82) is 0 Å². The van der Waals surface area contributed by atoms with Crippen molar-refractivity contribution in [2.45, 2.75) is 0 Å². The zero-order valence-corrected chi connectivity index (χ0v) is 6.02. The Morgan fingerprint density at radius 1 is 1.67 bits per heavy atom. The molecule has 5 nitrogen and oxygen atoms in total. The SMILES string of the molecule is COS(=O)OCCO.N. The van der Waals surface area contributed by atoms with Crippen LogP contribution >= 0.6 is 0 Å². The molecule has 58 valence electrons. The van der Waals surface area contributed by atoms with E-state index in [1.165, 1.54) is 7.11 Å². The van der Waals surface area contributed by atoms with Gasteiger partial charge in [0.2, 0.25) is 0 Å². The van der Waals surface area contributed by atoms with Crippen molar-refractivity contribution in [3.05, 3.63) is 0 Å². The van der Waals surface area contributed by atoms with E-state index in [4.69, 9.17) is 5.11 Å². The number of aliphatic hydroxyl groups is 1. The van der Waals surface area contributed by atoms with Gasteiger partial charge in [-0.3, -0.25) is 8.37 Å². The van der Waals surface area contributed by atoms with Crippen LogP contribution in [0.4, 0.5) is 0 Å². The van der Waals surface area contributed by atoms with Crippen molar-refractivity contribution in [2.24, 2.45) is 0 Å². The first-order valence-corrected chi connectivity index (χ1v) is 3.01. The van der Waals surface area contributed by atoms with E-state index in [2.05, 4.69) is 8.37 Å². The topological polar surface area (TPSA) is 90.8 Å². The molecule has 0 aliphatic rings. The fourth-order valence-electron chi connectivity index (χ4n) is 0.153. The second-order valence-corrected chi connectivity index (χ2v) is 1.89. The van der Waals surface area contributed by atoms with Gasteiger partial charge in [-0.2, -0.15) is 4.21 Å². The Bertz CT molecular complexity index is 78.2. The van der Waals surface area contributed by atoms with Crippen LogP contribution in [-0.4, -0.2) is 29.6 Å². The molecule has 0 radical (unpaired) electrons. The van der Waals surface area contributed by atoms with Gasteiger partial charge in [-0.25, -0.2) is 0 Å². The Morgan fingerprint density at radius 3 is 2.56 bits per heavy atom. The van der Waals surface area contributed by atoms with Gasteiger partial charge < -0.3 is 11.3 Å². The maximum Gasteiger partial charge on any atom is 0.304 e. The molecular formula is C3H11NO4S. The molecule has 0 bridgehead atoms. The summed E-state index contributed by atoms with van der Waals surface area (Å²) in [5.41, 5.74) is 0. The van der Waals surface area contributed by atoms with Crippen molar-refractivity contribution in [3.63, 3.8) is 0 Å². The van der Waals surface area contributed by atoms with Crippen LogP contribution in [0, 0.1) is 0 Å². The van der Waals surface area contributed by atoms with E-state index in [-0.39, 0.29) is 19.4 Å². The van der Waals surface area contributed by atoms with Gasteiger partial charge in [-0.15, -0.1) is 0 Å². The molecule has 9 heavy (non-hydrogen) atoms. The maximum absolute atomic E-state index is 10.1. The maximum atomic E-state index is 10.1. The molecule has 0 saturated heterocycles. The van der Waals surface area contributed by atoms with Crippen LogP contribution in [0.15, 0.2) is 0 Å². The van der Waals surface area contributed by atoms with E-state index in [0.717, 1.165) is 0 Å². The summed E-state index contributed by atoms with van der Waals surface area (Å²) in [5.74, 6) is 0. The molecule has 6 heteroatoms. The first-order chi connectivity index (χ1) is 3.81. The molecular weight excluding hydrogens is 146 g/mol. The average molecular weight is 157 g/mol. The highest BCUT2D eigenvalue weighted by molar-refractivity contribution is 7.75. The number of rotatable bonds is 4. The lowest BCUT2D eigenvalue weighted by molar-refractivity contribution is 0.196. The third-order valence-corrected chi connectivity index (χ3v) is 1.04. The monoisotopic (exact) mass is 157 g/mol. The van der Waals surface area contributed by atoms with Gasteiger partial charge in [0.05, 0.1) is 20.3 Å². The van der Waals surface area contributed by atoms with Crippen molar-refractivity contribution >= 4 is 11.4 Å². The minimum absolute atomic E-state index is 0. The minimum atomic E-state index is -1.69. The first-order valence-electron chi connectivity index (χ1n) is 2.01. The van der Waals surface area contributed by atoms with E-state index in [9.17, 15) is 4.21 Å². The lowest BCUT2D eigenvalue weighted by Crippen LogP contribution is -2.03. The van der Waals surface area contributed by atoms with Gasteiger partial charge in [0.1, 0.15) is 0 Å². The van der Waals surface area contributed by atoms with E-state index in [1.54, 1.807) is 0 Å². The van der Waals surface area contributed by atoms with Gasteiger partial charge in [0.15, 0.2) is 0 Å². The summed E-state index contributed by atoms with van der Waals surface area (Å²) in [6.45, 7) is -0.102. The zero-order valence-electron chi connectivity index (χ0n) is 5.20. The molecule has 0 aliphatic heterocycles. The predicted molar refractivity (Wildman–Crippen MR) is 33.2 cm³/mol. The molecule has 0 heterocycles. The Hall–Kier alpha value is -0.0100. The van der Waals surface area contributed by atoms with E-state index < -0.39 is 11.4 Å². The largest absolute Gasteiger partial charge is 0.394 e. The highest BCUT2D eigenvalue weighted by Gasteiger charge is 1.92. The van der Waals surface area contributed by atoms with Gasteiger partial charge in [-0.1, -0.05) is 0 Å². The van der Waals surface area contributed by atoms with Crippen molar-refractivity contribution in [1.82, 2.24) is 6.15 Å². The first kappa shape index (κ1) is 11.7. The summed E-state index contributed by atoms with van der Waals surface area (Å²) in [7, 11) is 1.26. The van der Waals surface area contributed by atoms with E-state index >= 15 is 0 Å². The minimum Gasteiger partial charge on any atom is -0.394 e. The molecule has 0 aromatic carbocycles. The Labute approximate surface area is 56.4 Å². The molecule has 1 atom stereocenters. The lowest BCUT2D eigenvalue weighted by atomic mass is 10.8. The molecule has 0 spiro atoms. The smallest absolute Gasteiger partial charge is 0.304 e. The van der Waals surface area contributed by atoms with Crippen LogP contribution in [0.25, 0.3) is 0 Å². The molecule has 1 unspecified atom stereocenters. The lowest BCUT2D eigenvalue weighted by Gasteiger charge is -1.94. The fraction of sp³-hybridized carbons (Fsp3) is 1.00. The van der Waals surface area contributed by atoms with Gasteiger partial charge in [0.25, 0.3) is 0 Å². The van der Waals surface area contributed by atoms with Crippen molar-refractivity contribution in [3.8, 4) is 0 Å². The van der Waals surface area contributed by atoms with E-state index in [1.807, 2.05) is 0 Å². The summed E-state index contributed by atoms with van der Waals surface area (Å²) >= 11 is -1.69. The van der Waals surface area contributed by atoms with Crippen molar-refractivity contribution < 1.29 is 17.7 Å². The molecule has 0 amide bonds. The highest BCUT2D eigenvalue weighted by atomic mass is 32.2. The molecule has 0 aromatic heterocycles. The Balaban J connectivity index is 0. The third kappa shape index (κ3) is 7.99. The fourth-order valence-corrected chi connectivity index (χ4v) is 0.460. The standard InChI is InChI=1S/C3H8O4S.H3N/c1-6-8(5)7-3-2-4;/h4H,2-3H2,1H3;1H3. The molecule has 0 aliphatic carbocycles. The van der Waals surface area contributed by atoms with Crippen LogP contribution in [0.1, 0.15) is 0 Å². The van der Waals surface area contributed by atoms with Gasteiger partial charge in [-0.05, 0) is 0 Å². The summed E-state index contributed by atoms with van der Waals surface area (Å²) < 4.78 is 18.7. The summed E-state index contributed by atoms with van der Waals surface area (Å²) in [4.78, 5) is 0. The van der Waals surface area contributed by atoms with Crippen LogP contribution < -0.4 is 6.15 Å². The molecule has 0 aromatic rings. The highest BCUT2D eigenvalue weighted by Crippen LogP contribution is 1.82. The summed E-state index contributed by atoms with van der Waals surface area (Å²) in [5, 5.41) is 8.10. The third-order valence-electron chi connectivity index (χ3n) is 0.407. The van der Waals surface area contributed by atoms with Crippen LogP contribution in [-0.2, 0) is 19.7 Å². The average Bonchev–Trinajstić information content (AvgIpc) is 1.83. The van der Waals surface area contributed by atoms with Gasteiger partial charge in [0, 0.05) is 0 Å². The van der Waals surface area contributed by atoms with Crippen LogP contribution in [0.2, 0.25) is 0 Å². The molecule has 0 rings (SSSR count). The zero-order chi connectivity index (χ0) is 6.41. The molecule has 0 fully saturated rings. The summed E-state index contributed by atoms with van der Waals surface area (Å²) in [6.07, 6.45) is 0. The number of hydrogen-bond donors (Lipinski definition) is 2.